The summed E-state index contributed by atoms with van der Waals surface area (Å²) in [6, 6.07) is 3.06. The van der Waals surface area contributed by atoms with Gasteiger partial charge in [-0.2, -0.15) is 0 Å². The highest BCUT2D eigenvalue weighted by Gasteiger charge is 2.12. The number of halogens is 1. The molecule has 0 aliphatic heterocycles. The molecule has 1 aromatic heterocycles. The monoisotopic (exact) mass is 195 g/mol. The number of nitrogens with zero attached hydrogens (tertiary/aromatic N) is 1. The smallest absolute Gasteiger partial charge is 0.358 e. The van der Waals surface area contributed by atoms with E-state index < -0.39 is 5.97 Å². The number of carbonyl (C=O) groups excluding carboxylic acids is 1. The maximum Gasteiger partial charge on any atom is 0.358 e. The molecular formula is C9H6ClNO2. The third kappa shape index (κ3) is 1.98. The van der Waals surface area contributed by atoms with Crippen LogP contribution in [0.1, 0.15) is 16.2 Å². The number of esters is 1. The van der Waals surface area contributed by atoms with Gasteiger partial charge in [-0.15, -0.1) is 6.42 Å². The van der Waals surface area contributed by atoms with Gasteiger partial charge in [0.1, 0.15) is 5.69 Å². The lowest BCUT2D eigenvalue weighted by Gasteiger charge is -2.00. The van der Waals surface area contributed by atoms with Gasteiger partial charge >= 0.3 is 5.97 Å². The van der Waals surface area contributed by atoms with E-state index in [9.17, 15) is 4.79 Å². The first-order valence-electron chi connectivity index (χ1n) is 3.40. The molecule has 0 radical (unpaired) electrons. The SMILES string of the molecule is C#Cc1ccc(Cl)c(C(=O)OC)n1. The molecule has 1 aromatic rings. The summed E-state index contributed by atoms with van der Waals surface area (Å²) in [6.45, 7) is 0. The van der Waals surface area contributed by atoms with Crippen molar-refractivity contribution < 1.29 is 9.53 Å². The number of aromatic nitrogens is 1. The molecule has 0 amide bonds. The van der Waals surface area contributed by atoms with Crippen molar-refractivity contribution in [2.24, 2.45) is 0 Å². The van der Waals surface area contributed by atoms with Crippen LogP contribution in [0.5, 0.6) is 0 Å². The topological polar surface area (TPSA) is 39.2 Å². The Hall–Kier alpha value is -1.53. The Labute approximate surface area is 80.7 Å². The van der Waals surface area contributed by atoms with Crippen molar-refractivity contribution >= 4 is 17.6 Å². The van der Waals surface area contributed by atoms with Crippen LogP contribution < -0.4 is 0 Å². The van der Waals surface area contributed by atoms with E-state index in [0.717, 1.165) is 0 Å². The molecule has 0 unspecified atom stereocenters. The molecule has 66 valence electrons. The zero-order chi connectivity index (χ0) is 9.84. The van der Waals surface area contributed by atoms with E-state index in [1.165, 1.54) is 13.2 Å². The molecule has 0 saturated carbocycles. The molecule has 0 aromatic carbocycles. The Balaban J connectivity index is 3.20. The normalized spacial score (nSPS) is 9.00. The number of ether oxygens (including phenoxy) is 1. The molecule has 0 aliphatic carbocycles. The quantitative estimate of drug-likeness (QED) is 0.504. The van der Waals surface area contributed by atoms with Gasteiger partial charge in [0.25, 0.3) is 0 Å². The molecule has 1 rings (SSSR count). The number of carbonyl (C=O) groups is 1. The molecule has 0 N–H and O–H groups in total. The second kappa shape index (κ2) is 3.92. The van der Waals surface area contributed by atoms with E-state index in [0.29, 0.717) is 5.69 Å². The molecule has 0 bridgehead atoms. The number of terminal acetylenes is 1. The predicted molar refractivity (Wildman–Crippen MR) is 48.5 cm³/mol. The summed E-state index contributed by atoms with van der Waals surface area (Å²) in [4.78, 5) is 14.9. The maximum atomic E-state index is 11.1. The second-order valence-corrected chi connectivity index (χ2v) is 2.57. The van der Waals surface area contributed by atoms with Crippen molar-refractivity contribution in [3.63, 3.8) is 0 Å². The van der Waals surface area contributed by atoms with E-state index in [4.69, 9.17) is 18.0 Å². The summed E-state index contributed by atoms with van der Waals surface area (Å²) in [7, 11) is 1.25. The molecule has 0 spiro atoms. The molecule has 3 nitrogen and oxygen atoms in total. The number of hydrogen-bond acceptors (Lipinski definition) is 3. The minimum atomic E-state index is -0.595. The Morgan fingerprint density at radius 3 is 2.92 bits per heavy atom. The molecule has 0 aliphatic rings. The van der Waals surface area contributed by atoms with Gasteiger partial charge in [0.15, 0.2) is 5.69 Å². The zero-order valence-corrected chi connectivity index (χ0v) is 7.63. The molecule has 0 fully saturated rings. The zero-order valence-electron chi connectivity index (χ0n) is 6.87. The maximum absolute atomic E-state index is 11.1. The van der Waals surface area contributed by atoms with Crippen LogP contribution in [-0.4, -0.2) is 18.1 Å². The van der Waals surface area contributed by atoms with Gasteiger partial charge in [-0.1, -0.05) is 17.5 Å². The number of pyridine rings is 1. The summed E-state index contributed by atoms with van der Waals surface area (Å²) in [6.07, 6.45) is 5.10. The summed E-state index contributed by atoms with van der Waals surface area (Å²) < 4.78 is 4.46. The van der Waals surface area contributed by atoms with Gasteiger partial charge in [0.05, 0.1) is 12.1 Å². The number of methoxy groups -OCH3 is 1. The fourth-order valence-corrected chi connectivity index (χ4v) is 0.945. The lowest BCUT2D eigenvalue weighted by Crippen LogP contribution is -2.06. The third-order valence-corrected chi connectivity index (χ3v) is 1.68. The van der Waals surface area contributed by atoms with Crippen LogP contribution in [0, 0.1) is 12.3 Å². The standard InChI is InChI=1S/C9H6ClNO2/c1-3-6-4-5-7(10)8(11-6)9(12)13-2/h1,4-5H,2H3. The summed E-state index contributed by atoms with van der Waals surface area (Å²) in [5, 5.41) is 0.228. The molecule has 1 heterocycles. The highest BCUT2D eigenvalue weighted by Crippen LogP contribution is 2.14. The molecule has 0 saturated heterocycles. The Morgan fingerprint density at radius 2 is 2.38 bits per heavy atom. The first kappa shape index (κ1) is 9.56. The summed E-state index contributed by atoms with van der Waals surface area (Å²) >= 11 is 5.69. The van der Waals surface area contributed by atoms with Crippen molar-refractivity contribution in [3.8, 4) is 12.3 Å². The van der Waals surface area contributed by atoms with Crippen molar-refractivity contribution in [2.45, 2.75) is 0 Å². The highest BCUT2D eigenvalue weighted by atomic mass is 35.5. The van der Waals surface area contributed by atoms with E-state index >= 15 is 0 Å². The fourth-order valence-electron chi connectivity index (χ4n) is 0.762. The van der Waals surface area contributed by atoms with E-state index in [1.54, 1.807) is 6.07 Å². The van der Waals surface area contributed by atoms with Crippen LogP contribution in [0.3, 0.4) is 0 Å². The first-order chi connectivity index (χ1) is 6.19. The fraction of sp³-hybridized carbons (Fsp3) is 0.111. The summed E-state index contributed by atoms with van der Waals surface area (Å²) in [5.41, 5.74) is 0.393. The number of hydrogen-bond donors (Lipinski definition) is 0. The largest absolute Gasteiger partial charge is 0.464 e. The van der Waals surface area contributed by atoms with Crippen LogP contribution in [0.4, 0.5) is 0 Å². The molecular weight excluding hydrogens is 190 g/mol. The Morgan fingerprint density at radius 1 is 1.69 bits per heavy atom. The average molecular weight is 196 g/mol. The lowest BCUT2D eigenvalue weighted by atomic mass is 10.3. The van der Waals surface area contributed by atoms with Crippen LogP contribution in [0.25, 0.3) is 0 Å². The van der Waals surface area contributed by atoms with Crippen LogP contribution in [-0.2, 0) is 4.74 Å². The lowest BCUT2D eigenvalue weighted by molar-refractivity contribution is 0.0594. The second-order valence-electron chi connectivity index (χ2n) is 2.16. The van der Waals surface area contributed by atoms with Gasteiger partial charge in [-0.05, 0) is 12.1 Å². The number of rotatable bonds is 1. The van der Waals surface area contributed by atoms with Crippen molar-refractivity contribution in [1.29, 1.82) is 0 Å². The minimum Gasteiger partial charge on any atom is -0.464 e. The van der Waals surface area contributed by atoms with Crippen LogP contribution in [0.2, 0.25) is 5.02 Å². The van der Waals surface area contributed by atoms with Crippen molar-refractivity contribution in [2.75, 3.05) is 7.11 Å². The van der Waals surface area contributed by atoms with E-state index in [-0.39, 0.29) is 10.7 Å². The van der Waals surface area contributed by atoms with Crippen molar-refractivity contribution in [3.05, 3.63) is 28.5 Å². The van der Waals surface area contributed by atoms with E-state index in [1.807, 2.05) is 0 Å². The predicted octanol–water partition coefficient (Wildman–Crippen LogP) is 1.50. The first-order valence-corrected chi connectivity index (χ1v) is 3.78. The summed E-state index contributed by atoms with van der Waals surface area (Å²) in [5.74, 6) is 1.70. The van der Waals surface area contributed by atoms with Gasteiger partial charge in [0.2, 0.25) is 0 Å². The molecule has 13 heavy (non-hydrogen) atoms. The van der Waals surface area contributed by atoms with Crippen molar-refractivity contribution in [1.82, 2.24) is 4.98 Å². The Bertz CT molecular complexity index is 382. The highest BCUT2D eigenvalue weighted by molar-refractivity contribution is 6.33. The third-order valence-electron chi connectivity index (χ3n) is 1.37. The van der Waals surface area contributed by atoms with Crippen LogP contribution >= 0.6 is 11.6 Å². The van der Waals surface area contributed by atoms with E-state index in [2.05, 4.69) is 15.6 Å². The van der Waals surface area contributed by atoms with Gasteiger partial charge < -0.3 is 4.74 Å². The van der Waals surface area contributed by atoms with Gasteiger partial charge in [0, 0.05) is 0 Å². The van der Waals surface area contributed by atoms with Gasteiger partial charge in [-0.25, -0.2) is 9.78 Å². The minimum absolute atomic E-state index is 0.0413. The molecule has 0 atom stereocenters. The Kier molecular flexibility index (Phi) is 2.88. The average Bonchev–Trinajstić information content (AvgIpc) is 2.17. The molecule has 4 heteroatoms. The van der Waals surface area contributed by atoms with Crippen LogP contribution in [0.15, 0.2) is 12.1 Å². The van der Waals surface area contributed by atoms with Gasteiger partial charge in [-0.3, -0.25) is 0 Å².